The van der Waals surface area contributed by atoms with Crippen molar-refractivity contribution in [2.24, 2.45) is 5.73 Å². The summed E-state index contributed by atoms with van der Waals surface area (Å²) in [6, 6.07) is 9.12. The summed E-state index contributed by atoms with van der Waals surface area (Å²) >= 11 is 0. The maximum Gasteiger partial charge on any atom is 0.257 e. The second kappa shape index (κ2) is 8.54. The molecule has 27 heavy (non-hydrogen) atoms. The van der Waals surface area contributed by atoms with E-state index in [1.165, 1.54) is 12.4 Å². The van der Waals surface area contributed by atoms with Gasteiger partial charge in [-0.05, 0) is 5.56 Å². The molecule has 1 aromatic carbocycles. The average Bonchev–Trinajstić information content (AvgIpc) is 3.24. The van der Waals surface area contributed by atoms with E-state index in [1.54, 1.807) is 6.33 Å². The van der Waals surface area contributed by atoms with Gasteiger partial charge in [0.15, 0.2) is 0 Å². The van der Waals surface area contributed by atoms with Gasteiger partial charge in [0.05, 0.1) is 29.9 Å². The molecule has 3 N–H and O–H groups in total. The number of nitrogens with zero attached hydrogens (tertiary/aromatic N) is 4. The standard InChI is InChI=1S/C18H20F2N6O/c19-17(20)11-26-10-15(7-23-26)24-18(27)16(21)6-14-9-25(12-22-14)8-13-4-2-1-3-5-13/h1-5,7,9-10,12,16-17H,6,8,11,21H2,(H,24,27)/t16-/m0/s1. The van der Waals surface area contributed by atoms with Crippen LogP contribution in [0.1, 0.15) is 11.3 Å². The van der Waals surface area contributed by atoms with Crippen LogP contribution in [-0.2, 0) is 24.3 Å². The summed E-state index contributed by atoms with van der Waals surface area (Å²) in [5.41, 5.74) is 8.10. The number of carbonyl (C=O) groups excluding carboxylic acids is 1. The quantitative estimate of drug-likeness (QED) is 0.630. The molecule has 0 aliphatic heterocycles. The highest BCUT2D eigenvalue weighted by molar-refractivity contribution is 5.94. The number of halogens is 2. The second-order valence-electron chi connectivity index (χ2n) is 6.16. The van der Waals surface area contributed by atoms with Gasteiger partial charge in [-0.1, -0.05) is 30.3 Å². The van der Waals surface area contributed by atoms with Crippen LogP contribution in [-0.4, -0.2) is 37.7 Å². The van der Waals surface area contributed by atoms with E-state index in [0.717, 1.165) is 10.2 Å². The van der Waals surface area contributed by atoms with E-state index in [1.807, 2.05) is 41.1 Å². The normalized spacial score (nSPS) is 12.3. The topological polar surface area (TPSA) is 90.8 Å². The van der Waals surface area contributed by atoms with Gasteiger partial charge in [0.1, 0.15) is 6.54 Å². The molecule has 1 amide bonds. The number of amides is 1. The molecule has 3 rings (SSSR count). The highest BCUT2D eigenvalue weighted by Crippen LogP contribution is 2.09. The summed E-state index contributed by atoms with van der Waals surface area (Å²) < 4.78 is 27.6. The molecule has 3 aromatic rings. The highest BCUT2D eigenvalue weighted by Gasteiger charge is 2.17. The third kappa shape index (κ3) is 5.45. The van der Waals surface area contributed by atoms with Crippen LogP contribution in [0.2, 0.25) is 0 Å². The number of nitrogens with two attached hydrogens (primary N) is 1. The number of anilines is 1. The Labute approximate surface area is 154 Å². The Morgan fingerprint density at radius 3 is 2.74 bits per heavy atom. The average molecular weight is 374 g/mol. The third-order valence-corrected chi connectivity index (χ3v) is 3.89. The molecule has 0 saturated carbocycles. The van der Waals surface area contributed by atoms with Crippen molar-refractivity contribution in [3.05, 3.63) is 66.5 Å². The second-order valence-corrected chi connectivity index (χ2v) is 6.16. The highest BCUT2D eigenvalue weighted by atomic mass is 19.3. The molecule has 0 radical (unpaired) electrons. The van der Waals surface area contributed by atoms with Crippen molar-refractivity contribution in [2.45, 2.75) is 32.0 Å². The number of benzene rings is 1. The van der Waals surface area contributed by atoms with Crippen LogP contribution in [0, 0.1) is 0 Å². The number of carbonyl (C=O) groups is 1. The molecule has 1 atom stereocenters. The molecule has 2 heterocycles. The van der Waals surface area contributed by atoms with Crippen molar-refractivity contribution in [3.63, 3.8) is 0 Å². The first-order valence-electron chi connectivity index (χ1n) is 8.41. The number of hydrogen-bond acceptors (Lipinski definition) is 4. The molecule has 7 nitrogen and oxygen atoms in total. The molecule has 0 aliphatic rings. The van der Waals surface area contributed by atoms with E-state index >= 15 is 0 Å². The summed E-state index contributed by atoms with van der Waals surface area (Å²) in [7, 11) is 0. The SMILES string of the molecule is N[C@@H](Cc1cn(Cc2ccccc2)cn1)C(=O)Nc1cnn(CC(F)F)c1. The van der Waals surface area contributed by atoms with Gasteiger partial charge in [0, 0.05) is 25.4 Å². The smallest absolute Gasteiger partial charge is 0.257 e. The predicted molar refractivity (Wildman–Crippen MR) is 96.3 cm³/mol. The molecule has 2 aromatic heterocycles. The summed E-state index contributed by atoms with van der Waals surface area (Å²) in [6.07, 6.45) is 3.94. The first-order valence-corrected chi connectivity index (χ1v) is 8.41. The van der Waals surface area contributed by atoms with Crippen molar-refractivity contribution in [1.29, 1.82) is 0 Å². The zero-order valence-electron chi connectivity index (χ0n) is 14.5. The zero-order valence-corrected chi connectivity index (χ0v) is 14.5. The fraction of sp³-hybridized carbons (Fsp3) is 0.278. The Morgan fingerprint density at radius 1 is 1.22 bits per heavy atom. The van der Waals surface area contributed by atoms with Crippen LogP contribution in [0.4, 0.5) is 14.5 Å². The summed E-state index contributed by atoms with van der Waals surface area (Å²) in [4.78, 5) is 16.5. The number of rotatable bonds is 8. The summed E-state index contributed by atoms with van der Waals surface area (Å²) in [5, 5.41) is 6.34. The minimum Gasteiger partial charge on any atom is -0.333 e. The van der Waals surface area contributed by atoms with Crippen molar-refractivity contribution in [2.75, 3.05) is 5.32 Å². The van der Waals surface area contributed by atoms with Gasteiger partial charge in [0.2, 0.25) is 5.91 Å². The number of imidazole rings is 1. The molecule has 0 aliphatic carbocycles. The summed E-state index contributed by atoms with van der Waals surface area (Å²) in [6.45, 7) is 0.152. The Balaban J connectivity index is 1.53. The number of aromatic nitrogens is 4. The Bertz CT molecular complexity index is 877. The Hall–Kier alpha value is -3.07. The van der Waals surface area contributed by atoms with E-state index < -0.39 is 24.9 Å². The van der Waals surface area contributed by atoms with E-state index in [2.05, 4.69) is 15.4 Å². The van der Waals surface area contributed by atoms with Crippen LogP contribution in [0.25, 0.3) is 0 Å². The lowest BCUT2D eigenvalue weighted by atomic mass is 10.1. The molecule has 142 valence electrons. The van der Waals surface area contributed by atoms with Gasteiger partial charge in [-0.2, -0.15) is 5.10 Å². The van der Waals surface area contributed by atoms with Gasteiger partial charge in [-0.15, -0.1) is 0 Å². The minimum atomic E-state index is -2.51. The van der Waals surface area contributed by atoms with Crippen LogP contribution < -0.4 is 11.1 Å². The van der Waals surface area contributed by atoms with Gasteiger partial charge in [-0.25, -0.2) is 13.8 Å². The Morgan fingerprint density at radius 2 is 2.00 bits per heavy atom. The van der Waals surface area contributed by atoms with E-state index in [4.69, 9.17) is 5.73 Å². The number of hydrogen-bond donors (Lipinski definition) is 2. The third-order valence-electron chi connectivity index (χ3n) is 3.89. The molecular formula is C18H20F2N6O. The van der Waals surface area contributed by atoms with Crippen molar-refractivity contribution < 1.29 is 13.6 Å². The van der Waals surface area contributed by atoms with Gasteiger partial charge < -0.3 is 15.6 Å². The molecule has 0 bridgehead atoms. The van der Waals surface area contributed by atoms with Crippen molar-refractivity contribution in [1.82, 2.24) is 19.3 Å². The van der Waals surface area contributed by atoms with Crippen molar-refractivity contribution in [3.8, 4) is 0 Å². The number of alkyl halides is 2. The fourth-order valence-electron chi connectivity index (χ4n) is 2.61. The first-order chi connectivity index (χ1) is 13.0. The number of nitrogens with one attached hydrogen (secondary N) is 1. The van der Waals surface area contributed by atoms with Crippen LogP contribution in [0.15, 0.2) is 55.2 Å². The van der Waals surface area contributed by atoms with Gasteiger partial charge >= 0.3 is 0 Å². The van der Waals surface area contributed by atoms with Crippen LogP contribution >= 0.6 is 0 Å². The maximum atomic E-state index is 12.3. The monoisotopic (exact) mass is 374 g/mol. The fourth-order valence-corrected chi connectivity index (χ4v) is 2.61. The Kier molecular flexibility index (Phi) is 5.92. The maximum absolute atomic E-state index is 12.3. The minimum absolute atomic E-state index is 0.263. The molecule has 0 saturated heterocycles. The van der Waals surface area contributed by atoms with Gasteiger partial charge in [0.25, 0.3) is 6.43 Å². The largest absolute Gasteiger partial charge is 0.333 e. The molecule has 0 spiro atoms. The first kappa shape index (κ1) is 18.7. The summed E-state index contributed by atoms with van der Waals surface area (Å²) in [5.74, 6) is -0.427. The predicted octanol–water partition coefficient (Wildman–Crippen LogP) is 1.90. The van der Waals surface area contributed by atoms with E-state index in [-0.39, 0.29) is 6.42 Å². The van der Waals surface area contributed by atoms with Crippen LogP contribution in [0.5, 0.6) is 0 Å². The van der Waals surface area contributed by atoms with Crippen LogP contribution in [0.3, 0.4) is 0 Å². The lowest BCUT2D eigenvalue weighted by Gasteiger charge is -2.09. The van der Waals surface area contributed by atoms with E-state index in [0.29, 0.717) is 17.9 Å². The van der Waals surface area contributed by atoms with Crippen molar-refractivity contribution >= 4 is 11.6 Å². The molecule has 0 unspecified atom stereocenters. The molecule has 9 heteroatoms. The lowest BCUT2D eigenvalue weighted by Crippen LogP contribution is -2.37. The van der Waals surface area contributed by atoms with Gasteiger partial charge in [-0.3, -0.25) is 9.48 Å². The molecule has 0 fully saturated rings. The lowest BCUT2D eigenvalue weighted by molar-refractivity contribution is -0.117. The molecular weight excluding hydrogens is 354 g/mol. The van der Waals surface area contributed by atoms with E-state index in [9.17, 15) is 13.6 Å². The zero-order chi connectivity index (χ0) is 19.2.